The van der Waals surface area contributed by atoms with E-state index >= 15 is 0 Å². The predicted octanol–water partition coefficient (Wildman–Crippen LogP) is 1.03. The van der Waals surface area contributed by atoms with E-state index in [0.717, 1.165) is 16.9 Å². The fraction of sp³-hybridized carbons (Fsp3) is 0.462. The third-order valence-corrected chi connectivity index (χ3v) is 4.92. The van der Waals surface area contributed by atoms with Gasteiger partial charge in [0.25, 0.3) is 0 Å². The number of aromatic nitrogens is 2. The Morgan fingerprint density at radius 1 is 1.35 bits per heavy atom. The fourth-order valence-corrected chi connectivity index (χ4v) is 2.78. The van der Waals surface area contributed by atoms with Crippen molar-refractivity contribution in [3.63, 3.8) is 0 Å². The lowest BCUT2D eigenvalue weighted by Gasteiger charge is -2.16. The summed E-state index contributed by atoms with van der Waals surface area (Å²) in [7, 11) is -2.62. The van der Waals surface area contributed by atoms with Crippen molar-refractivity contribution < 1.29 is 14.8 Å². The van der Waals surface area contributed by atoms with Crippen LogP contribution in [0.25, 0.3) is 10.9 Å². The van der Waals surface area contributed by atoms with Gasteiger partial charge in [-0.25, -0.2) is 0 Å². The lowest BCUT2D eigenvalue weighted by Crippen LogP contribution is -2.36. The van der Waals surface area contributed by atoms with Crippen molar-refractivity contribution in [3.8, 4) is 0 Å². The average Bonchev–Trinajstić information content (AvgIpc) is 2.72. The summed E-state index contributed by atoms with van der Waals surface area (Å²) < 4.78 is 7.49. The Balaban J connectivity index is 2.13. The molecule has 2 aromatic heterocycles. The maximum Gasteiger partial charge on any atom is 0.506 e. The van der Waals surface area contributed by atoms with Crippen LogP contribution in [0, 0.1) is 0 Å². The largest absolute Gasteiger partial charge is 0.506 e. The van der Waals surface area contributed by atoms with E-state index in [-0.39, 0.29) is 0 Å². The van der Waals surface area contributed by atoms with Gasteiger partial charge in [0.15, 0.2) is 0 Å². The number of fused-ring (bicyclic) bond motifs is 1. The standard InChI is InChI=1S/C13H21BN2O3Si/c1-20(2,3)7-6-19-10-16-12-4-5-15-9-11(12)8-13(16)14(17)18/h4-5,8-9,17-18H,6-7,10H2,1-3H3. The minimum Gasteiger partial charge on any atom is -0.422 e. The highest BCUT2D eigenvalue weighted by Gasteiger charge is 2.19. The van der Waals surface area contributed by atoms with Crippen LogP contribution >= 0.6 is 0 Å². The minimum atomic E-state index is -1.51. The molecule has 7 heteroatoms. The van der Waals surface area contributed by atoms with Gasteiger partial charge in [-0.1, -0.05) is 19.6 Å². The van der Waals surface area contributed by atoms with E-state index in [2.05, 4.69) is 24.6 Å². The van der Waals surface area contributed by atoms with Crippen LogP contribution < -0.4 is 5.59 Å². The third-order valence-electron chi connectivity index (χ3n) is 3.22. The summed E-state index contributed by atoms with van der Waals surface area (Å²) >= 11 is 0. The van der Waals surface area contributed by atoms with E-state index in [1.54, 1.807) is 23.0 Å². The van der Waals surface area contributed by atoms with Gasteiger partial charge in [-0.2, -0.15) is 0 Å². The summed E-state index contributed by atoms with van der Waals surface area (Å²) in [5.74, 6) is 0. The average molecular weight is 292 g/mol. The maximum absolute atomic E-state index is 9.46. The van der Waals surface area contributed by atoms with Gasteiger partial charge in [0.1, 0.15) is 6.73 Å². The van der Waals surface area contributed by atoms with E-state index in [0.29, 0.717) is 18.9 Å². The SMILES string of the molecule is C[Si](C)(C)CCOCn1c(B(O)O)cc2cnccc21. The molecule has 0 aliphatic carbocycles. The maximum atomic E-state index is 9.46. The van der Waals surface area contributed by atoms with Gasteiger partial charge in [-0.15, -0.1) is 0 Å². The van der Waals surface area contributed by atoms with E-state index in [1.807, 2.05) is 6.07 Å². The lowest BCUT2D eigenvalue weighted by atomic mass is 9.86. The first kappa shape index (κ1) is 15.2. The molecule has 0 radical (unpaired) electrons. The molecule has 2 rings (SSSR count). The van der Waals surface area contributed by atoms with Crippen molar-refractivity contribution in [3.05, 3.63) is 24.5 Å². The highest BCUT2D eigenvalue weighted by Crippen LogP contribution is 2.13. The molecule has 0 amide bonds. The summed E-state index contributed by atoms with van der Waals surface area (Å²) in [6.07, 6.45) is 3.40. The lowest BCUT2D eigenvalue weighted by molar-refractivity contribution is 0.0915. The molecule has 0 aliphatic rings. The summed E-state index contributed by atoms with van der Waals surface area (Å²) in [5, 5.41) is 19.8. The van der Waals surface area contributed by atoms with Crippen molar-refractivity contribution in [2.75, 3.05) is 6.61 Å². The van der Waals surface area contributed by atoms with Gasteiger partial charge < -0.3 is 19.4 Å². The number of nitrogens with zero attached hydrogens (tertiary/aromatic N) is 2. The first-order chi connectivity index (χ1) is 9.38. The number of hydrogen-bond acceptors (Lipinski definition) is 4. The van der Waals surface area contributed by atoms with Gasteiger partial charge in [0.05, 0.1) is 11.1 Å². The van der Waals surface area contributed by atoms with Gasteiger partial charge in [-0.05, 0) is 18.2 Å². The number of ether oxygens (including phenoxy) is 1. The molecule has 0 unspecified atom stereocenters. The van der Waals surface area contributed by atoms with Gasteiger partial charge >= 0.3 is 7.12 Å². The molecule has 5 nitrogen and oxygen atoms in total. The molecule has 0 aromatic carbocycles. The molecule has 0 fully saturated rings. The van der Waals surface area contributed by atoms with Crippen molar-refractivity contribution in [1.29, 1.82) is 0 Å². The van der Waals surface area contributed by atoms with Crippen molar-refractivity contribution in [1.82, 2.24) is 9.55 Å². The zero-order valence-electron chi connectivity index (χ0n) is 12.2. The number of hydrogen-bond donors (Lipinski definition) is 2. The first-order valence-electron chi connectivity index (χ1n) is 6.75. The monoisotopic (exact) mass is 292 g/mol. The molecule has 0 spiro atoms. The Morgan fingerprint density at radius 2 is 2.10 bits per heavy atom. The van der Waals surface area contributed by atoms with Crippen LogP contribution in [0.1, 0.15) is 0 Å². The number of pyridine rings is 1. The summed E-state index contributed by atoms with van der Waals surface area (Å²) in [4.78, 5) is 4.04. The Labute approximate surface area is 120 Å². The van der Waals surface area contributed by atoms with E-state index in [9.17, 15) is 10.0 Å². The van der Waals surface area contributed by atoms with Crippen molar-refractivity contribution in [2.24, 2.45) is 0 Å². The first-order valence-corrected chi connectivity index (χ1v) is 10.5. The van der Waals surface area contributed by atoms with Crippen molar-refractivity contribution >= 4 is 31.7 Å². The van der Waals surface area contributed by atoms with Crippen molar-refractivity contribution in [2.45, 2.75) is 32.4 Å². The molecular formula is C13H21BN2O3Si. The number of rotatable bonds is 6. The van der Waals surface area contributed by atoms with Crippen LogP contribution in [0.15, 0.2) is 24.5 Å². The van der Waals surface area contributed by atoms with Crippen LogP contribution in [-0.2, 0) is 11.5 Å². The summed E-state index contributed by atoms with van der Waals surface area (Å²) in [6, 6.07) is 4.67. The molecule has 0 atom stereocenters. The topological polar surface area (TPSA) is 67.5 Å². The highest BCUT2D eigenvalue weighted by atomic mass is 28.3. The molecule has 20 heavy (non-hydrogen) atoms. The zero-order valence-corrected chi connectivity index (χ0v) is 13.2. The van der Waals surface area contributed by atoms with Crippen LogP contribution in [0.4, 0.5) is 0 Å². The Morgan fingerprint density at radius 3 is 2.75 bits per heavy atom. The van der Waals surface area contributed by atoms with Crippen LogP contribution in [0.2, 0.25) is 25.7 Å². The van der Waals surface area contributed by atoms with E-state index in [1.165, 1.54) is 0 Å². The smallest absolute Gasteiger partial charge is 0.422 e. The van der Waals surface area contributed by atoms with E-state index in [4.69, 9.17) is 4.74 Å². The quantitative estimate of drug-likeness (QED) is 0.616. The second kappa shape index (κ2) is 6.09. The van der Waals surface area contributed by atoms with Crippen LogP contribution in [0.3, 0.4) is 0 Å². The molecule has 108 valence electrons. The second-order valence-corrected chi connectivity index (χ2v) is 11.8. The van der Waals surface area contributed by atoms with Gasteiger partial charge in [0, 0.05) is 32.5 Å². The van der Waals surface area contributed by atoms with Gasteiger partial charge in [0.2, 0.25) is 0 Å². The molecule has 0 aliphatic heterocycles. The fourth-order valence-electron chi connectivity index (χ4n) is 2.02. The molecule has 0 bridgehead atoms. The highest BCUT2D eigenvalue weighted by molar-refractivity contribution is 6.76. The van der Waals surface area contributed by atoms with Crippen LogP contribution in [0.5, 0.6) is 0 Å². The van der Waals surface area contributed by atoms with Crippen LogP contribution in [-0.4, -0.2) is 41.4 Å². The molecule has 2 aromatic rings. The molecule has 2 N–H and O–H groups in total. The second-order valence-electron chi connectivity index (χ2n) is 6.15. The molecule has 2 heterocycles. The van der Waals surface area contributed by atoms with E-state index < -0.39 is 15.2 Å². The summed E-state index contributed by atoms with van der Waals surface area (Å²) in [6.45, 7) is 7.92. The minimum absolute atomic E-state index is 0.324. The predicted molar refractivity (Wildman–Crippen MR) is 83.7 cm³/mol. The Kier molecular flexibility index (Phi) is 4.64. The summed E-state index contributed by atoms with van der Waals surface area (Å²) in [5.41, 5.74) is 1.33. The zero-order chi connectivity index (χ0) is 14.8. The molecular weight excluding hydrogens is 271 g/mol. The van der Waals surface area contributed by atoms with Gasteiger partial charge in [-0.3, -0.25) is 4.98 Å². The third kappa shape index (κ3) is 3.70. The Bertz CT molecular complexity index is 580. The molecule has 0 saturated heterocycles. The Hall–Kier alpha value is -1.15. The molecule has 0 saturated carbocycles. The normalized spacial score (nSPS) is 12.1.